The van der Waals surface area contributed by atoms with Crippen molar-refractivity contribution in [2.75, 3.05) is 6.61 Å². The van der Waals surface area contributed by atoms with E-state index >= 15 is 0 Å². The third kappa shape index (κ3) is 3.24. The number of cyclic esters (lactones) is 1. The van der Waals surface area contributed by atoms with Gasteiger partial charge in [-0.3, -0.25) is 4.79 Å². The molecule has 0 radical (unpaired) electrons. The Morgan fingerprint density at radius 1 is 1.29 bits per heavy atom. The molecule has 1 saturated heterocycles. The molecule has 0 aromatic heterocycles. The van der Waals surface area contributed by atoms with Crippen LogP contribution >= 0.6 is 0 Å². The van der Waals surface area contributed by atoms with Crippen LogP contribution in [0.5, 0.6) is 0 Å². The van der Waals surface area contributed by atoms with Gasteiger partial charge in [0.2, 0.25) is 5.76 Å². The van der Waals surface area contributed by atoms with E-state index in [-0.39, 0.29) is 24.8 Å². The van der Waals surface area contributed by atoms with Gasteiger partial charge in [0.15, 0.2) is 5.60 Å². The van der Waals surface area contributed by atoms with Crippen LogP contribution in [0.4, 0.5) is 0 Å². The van der Waals surface area contributed by atoms with Gasteiger partial charge < -0.3 is 19.7 Å². The van der Waals surface area contributed by atoms with Crippen LogP contribution in [-0.2, 0) is 23.9 Å². The highest BCUT2D eigenvalue weighted by atomic mass is 16.6. The topological polar surface area (TPSA) is 113 Å². The Hall–Kier alpha value is -1.89. The second-order valence-electron chi connectivity index (χ2n) is 5.22. The maximum atomic E-state index is 11.4. The Bertz CT molecular complexity index is 454. The molecule has 0 bridgehead atoms. The molecule has 2 atom stereocenters. The lowest BCUT2D eigenvalue weighted by molar-refractivity contribution is -0.205. The summed E-state index contributed by atoms with van der Waals surface area (Å²) in [4.78, 5) is 32.3. The predicted molar refractivity (Wildman–Crippen MR) is 71.4 cm³/mol. The molecular weight excluding hydrogens is 280 g/mol. The second-order valence-corrected chi connectivity index (χ2v) is 5.22. The molecule has 21 heavy (non-hydrogen) atoms. The number of rotatable bonds is 4. The molecule has 7 nitrogen and oxygen atoms in total. The van der Waals surface area contributed by atoms with E-state index in [1.165, 1.54) is 6.92 Å². The third-order valence-corrected chi connectivity index (χ3v) is 3.96. The SMILES string of the molecule is C=C1OC1=O.CCOC1(C(=O)O)CCCCC1(C)C(=O)O. The highest BCUT2D eigenvalue weighted by Crippen LogP contribution is 2.47. The molecule has 0 aromatic carbocycles. The van der Waals surface area contributed by atoms with Gasteiger partial charge in [0.05, 0.1) is 0 Å². The first kappa shape index (κ1) is 17.2. The second kappa shape index (κ2) is 6.26. The first-order chi connectivity index (χ1) is 9.71. The average molecular weight is 300 g/mol. The van der Waals surface area contributed by atoms with Gasteiger partial charge in [-0.2, -0.15) is 0 Å². The van der Waals surface area contributed by atoms with Crippen molar-refractivity contribution in [1.29, 1.82) is 0 Å². The molecule has 1 aliphatic carbocycles. The lowest BCUT2D eigenvalue weighted by Gasteiger charge is -2.45. The van der Waals surface area contributed by atoms with Crippen LogP contribution in [0.2, 0.25) is 0 Å². The number of carboxylic acids is 2. The van der Waals surface area contributed by atoms with Gasteiger partial charge in [0.1, 0.15) is 5.41 Å². The molecule has 2 rings (SSSR count). The van der Waals surface area contributed by atoms with E-state index in [0.717, 1.165) is 6.42 Å². The molecule has 0 aromatic rings. The summed E-state index contributed by atoms with van der Waals surface area (Å²) in [7, 11) is 0. The number of carboxylic acid groups (broad SMARTS) is 2. The van der Waals surface area contributed by atoms with Crippen LogP contribution in [0.15, 0.2) is 12.3 Å². The Morgan fingerprint density at radius 2 is 1.76 bits per heavy atom. The molecule has 0 spiro atoms. The van der Waals surface area contributed by atoms with Crippen LogP contribution in [0.25, 0.3) is 0 Å². The van der Waals surface area contributed by atoms with Crippen molar-refractivity contribution in [1.82, 2.24) is 0 Å². The Labute approximate surface area is 122 Å². The highest BCUT2D eigenvalue weighted by molar-refractivity contribution is 5.99. The van der Waals surface area contributed by atoms with Gasteiger partial charge in [-0.15, -0.1) is 0 Å². The highest BCUT2D eigenvalue weighted by Gasteiger charge is 2.60. The molecule has 1 saturated carbocycles. The van der Waals surface area contributed by atoms with Crippen molar-refractivity contribution >= 4 is 17.9 Å². The number of carbonyl (C=O) groups excluding carboxylic acids is 1. The summed E-state index contributed by atoms with van der Waals surface area (Å²) < 4.78 is 9.41. The zero-order chi connectivity index (χ0) is 16.3. The zero-order valence-corrected chi connectivity index (χ0v) is 12.2. The van der Waals surface area contributed by atoms with Gasteiger partial charge >= 0.3 is 17.9 Å². The number of hydrogen-bond acceptors (Lipinski definition) is 5. The summed E-state index contributed by atoms with van der Waals surface area (Å²) in [5.41, 5.74) is -2.92. The fraction of sp³-hybridized carbons (Fsp3) is 0.643. The summed E-state index contributed by atoms with van der Waals surface area (Å²) in [6.07, 6.45) is 2.02. The van der Waals surface area contributed by atoms with Crippen molar-refractivity contribution in [2.24, 2.45) is 5.41 Å². The molecule has 2 fully saturated rings. The number of hydrogen-bond donors (Lipinski definition) is 2. The van der Waals surface area contributed by atoms with E-state index in [1.807, 2.05) is 0 Å². The van der Waals surface area contributed by atoms with E-state index in [9.17, 15) is 24.6 Å². The molecule has 2 N–H and O–H groups in total. The Morgan fingerprint density at radius 3 is 2.10 bits per heavy atom. The molecule has 2 aliphatic rings. The summed E-state index contributed by atoms with van der Waals surface area (Å²) in [5.74, 6) is -2.25. The Balaban J connectivity index is 0.000000369. The van der Waals surface area contributed by atoms with Gasteiger partial charge in [0.25, 0.3) is 0 Å². The zero-order valence-electron chi connectivity index (χ0n) is 12.2. The average Bonchev–Trinajstić information content (AvgIpc) is 3.06. The molecule has 7 heteroatoms. The van der Waals surface area contributed by atoms with Crippen molar-refractivity contribution in [3.05, 3.63) is 12.3 Å². The maximum Gasteiger partial charge on any atom is 0.379 e. The van der Waals surface area contributed by atoms with Crippen molar-refractivity contribution < 1.29 is 34.1 Å². The standard InChI is InChI=1S/C11H18O5.C3H2O2/c1-3-16-11(9(14)15)7-5-4-6-10(11,2)8(12)13;1-2-3(4)5-2/h3-7H2,1-2H3,(H,12,13)(H,14,15);1H2. The van der Waals surface area contributed by atoms with Crippen LogP contribution in [0.1, 0.15) is 39.5 Å². The van der Waals surface area contributed by atoms with E-state index in [4.69, 9.17) is 4.74 Å². The third-order valence-electron chi connectivity index (χ3n) is 3.96. The predicted octanol–water partition coefficient (Wildman–Crippen LogP) is 1.57. The van der Waals surface area contributed by atoms with Gasteiger partial charge in [-0.1, -0.05) is 6.42 Å². The van der Waals surface area contributed by atoms with E-state index < -0.39 is 23.0 Å². The number of carbonyl (C=O) groups is 3. The number of ether oxygens (including phenoxy) is 2. The van der Waals surface area contributed by atoms with Crippen LogP contribution in [0.3, 0.4) is 0 Å². The lowest BCUT2D eigenvalue weighted by atomic mass is 9.64. The molecule has 0 amide bonds. The van der Waals surface area contributed by atoms with Crippen LogP contribution in [-0.4, -0.2) is 40.3 Å². The molecular formula is C14H20O7. The van der Waals surface area contributed by atoms with Crippen molar-refractivity contribution in [2.45, 2.75) is 45.1 Å². The van der Waals surface area contributed by atoms with Gasteiger partial charge in [-0.05, 0) is 39.7 Å². The van der Waals surface area contributed by atoms with Crippen LogP contribution in [0, 0.1) is 5.41 Å². The lowest BCUT2D eigenvalue weighted by Crippen LogP contribution is -2.60. The first-order valence-electron chi connectivity index (χ1n) is 6.73. The van der Waals surface area contributed by atoms with E-state index in [1.54, 1.807) is 6.92 Å². The fourth-order valence-electron chi connectivity index (χ4n) is 2.58. The normalized spacial score (nSPS) is 30.8. The van der Waals surface area contributed by atoms with Crippen LogP contribution < -0.4 is 0 Å². The summed E-state index contributed by atoms with van der Waals surface area (Å²) in [5, 5.41) is 18.6. The molecule has 118 valence electrons. The minimum atomic E-state index is -1.58. The summed E-state index contributed by atoms with van der Waals surface area (Å²) in [6, 6.07) is 0. The van der Waals surface area contributed by atoms with E-state index in [2.05, 4.69) is 11.3 Å². The molecule has 1 aliphatic heterocycles. The summed E-state index contributed by atoms with van der Waals surface area (Å²) in [6.45, 7) is 6.53. The van der Waals surface area contributed by atoms with Crippen molar-refractivity contribution in [3.63, 3.8) is 0 Å². The maximum absolute atomic E-state index is 11.4. The quantitative estimate of drug-likeness (QED) is 0.598. The monoisotopic (exact) mass is 300 g/mol. The smallest absolute Gasteiger partial charge is 0.379 e. The van der Waals surface area contributed by atoms with Crippen molar-refractivity contribution in [3.8, 4) is 0 Å². The first-order valence-corrected chi connectivity index (χ1v) is 6.73. The number of aliphatic carboxylic acids is 2. The van der Waals surface area contributed by atoms with Gasteiger partial charge in [-0.25, -0.2) is 9.59 Å². The molecule has 1 heterocycles. The number of epoxide rings is 1. The molecule has 2 unspecified atom stereocenters. The summed E-state index contributed by atoms with van der Waals surface area (Å²) >= 11 is 0. The van der Waals surface area contributed by atoms with Gasteiger partial charge in [0, 0.05) is 6.61 Å². The Kier molecular flexibility index (Phi) is 5.11. The van der Waals surface area contributed by atoms with E-state index in [0.29, 0.717) is 12.8 Å². The minimum Gasteiger partial charge on any atom is -0.481 e. The largest absolute Gasteiger partial charge is 0.481 e. The fourth-order valence-corrected chi connectivity index (χ4v) is 2.58. The minimum absolute atomic E-state index is 0.204.